The molecule has 4 heterocycles. The molecule has 1 atom stereocenters. The lowest BCUT2D eigenvalue weighted by Crippen LogP contribution is -2.12. The predicted octanol–water partition coefficient (Wildman–Crippen LogP) is 4.59. The lowest BCUT2D eigenvalue weighted by molar-refractivity contribution is 0.583. The van der Waals surface area contributed by atoms with Crippen LogP contribution in [0, 0.1) is 0 Å². The van der Waals surface area contributed by atoms with Crippen LogP contribution >= 0.6 is 23.1 Å². The van der Waals surface area contributed by atoms with Crippen LogP contribution in [0.5, 0.6) is 0 Å². The van der Waals surface area contributed by atoms with Crippen LogP contribution < -0.4 is 5.56 Å². The van der Waals surface area contributed by atoms with Crippen LogP contribution in [0.2, 0.25) is 0 Å². The van der Waals surface area contributed by atoms with E-state index in [4.69, 9.17) is 9.40 Å². The fraction of sp³-hybridized carbons (Fsp3) is 0.368. The Bertz CT molecular complexity index is 1190. The highest BCUT2D eigenvalue weighted by atomic mass is 32.2. The Morgan fingerprint density at radius 3 is 3.00 bits per heavy atom. The van der Waals surface area contributed by atoms with Crippen LogP contribution in [0.4, 0.5) is 0 Å². The molecule has 7 nitrogen and oxygen atoms in total. The van der Waals surface area contributed by atoms with Gasteiger partial charge in [0.25, 0.3) is 5.56 Å². The van der Waals surface area contributed by atoms with Gasteiger partial charge < -0.3 is 14.0 Å². The first kappa shape index (κ1) is 17.7. The fourth-order valence-electron chi connectivity index (χ4n) is 3.31. The second-order valence-corrected chi connectivity index (χ2v) is 9.04. The second kappa shape index (κ2) is 6.89. The van der Waals surface area contributed by atoms with Gasteiger partial charge in [0.1, 0.15) is 22.2 Å². The molecule has 4 aromatic heterocycles. The van der Waals surface area contributed by atoms with Crippen LogP contribution in [0.3, 0.4) is 0 Å². The minimum absolute atomic E-state index is 0.0483. The third-order valence-corrected chi connectivity index (χ3v) is 6.88. The summed E-state index contributed by atoms with van der Waals surface area (Å²) in [6.45, 7) is 4.98. The van der Waals surface area contributed by atoms with Crippen molar-refractivity contribution in [1.82, 2.24) is 24.7 Å². The Balaban J connectivity index is 1.47. The minimum atomic E-state index is -0.143. The standard InChI is InChI=1S/C19H19N5O2S2/c1-3-24-16(11-6-7-11)22-23-19(24)28-10(2)15-20-17(25)14-12(9-27-18(14)21-15)13-5-4-8-26-13/h4-5,8-11H,3,6-7H2,1-2H3,(H,20,21,25). The zero-order chi connectivity index (χ0) is 19.3. The molecule has 1 saturated carbocycles. The Morgan fingerprint density at radius 1 is 1.43 bits per heavy atom. The summed E-state index contributed by atoms with van der Waals surface area (Å²) in [7, 11) is 0. The first-order valence-electron chi connectivity index (χ1n) is 9.30. The molecular weight excluding hydrogens is 394 g/mol. The number of furan rings is 1. The predicted molar refractivity (Wildman–Crippen MR) is 110 cm³/mol. The monoisotopic (exact) mass is 413 g/mol. The Kier molecular flexibility index (Phi) is 4.36. The molecule has 0 amide bonds. The number of fused-ring (bicyclic) bond motifs is 1. The third-order valence-electron chi connectivity index (χ3n) is 4.92. The van der Waals surface area contributed by atoms with E-state index in [1.807, 2.05) is 24.4 Å². The molecule has 0 aromatic carbocycles. The van der Waals surface area contributed by atoms with Crippen molar-refractivity contribution in [3.05, 3.63) is 45.8 Å². The molecule has 0 aliphatic heterocycles. The van der Waals surface area contributed by atoms with Gasteiger partial charge in [-0.25, -0.2) is 4.98 Å². The first-order valence-corrected chi connectivity index (χ1v) is 11.1. The van der Waals surface area contributed by atoms with Crippen molar-refractivity contribution in [2.45, 2.75) is 49.6 Å². The molecule has 0 spiro atoms. The van der Waals surface area contributed by atoms with E-state index < -0.39 is 0 Å². The Morgan fingerprint density at radius 2 is 2.29 bits per heavy atom. The summed E-state index contributed by atoms with van der Waals surface area (Å²) in [6.07, 6.45) is 3.99. The van der Waals surface area contributed by atoms with Gasteiger partial charge in [-0.05, 0) is 38.8 Å². The summed E-state index contributed by atoms with van der Waals surface area (Å²) in [4.78, 5) is 21.2. The zero-order valence-corrected chi connectivity index (χ0v) is 17.1. The Hall–Kier alpha value is -2.39. The number of thiophene rings is 1. The number of nitrogens with zero attached hydrogens (tertiary/aromatic N) is 4. The molecule has 0 saturated heterocycles. The van der Waals surface area contributed by atoms with Crippen LogP contribution in [0.1, 0.15) is 49.5 Å². The van der Waals surface area contributed by atoms with Crippen molar-refractivity contribution in [2.24, 2.45) is 0 Å². The van der Waals surface area contributed by atoms with Gasteiger partial charge in [0.05, 0.1) is 16.9 Å². The number of hydrogen-bond donors (Lipinski definition) is 1. The molecule has 144 valence electrons. The van der Waals surface area contributed by atoms with Gasteiger partial charge in [-0.1, -0.05) is 11.8 Å². The van der Waals surface area contributed by atoms with E-state index in [1.165, 1.54) is 24.2 Å². The van der Waals surface area contributed by atoms with Crippen molar-refractivity contribution in [1.29, 1.82) is 0 Å². The van der Waals surface area contributed by atoms with Gasteiger partial charge in [-0.2, -0.15) is 0 Å². The van der Waals surface area contributed by atoms with Crippen LogP contribution in [-0.2, 0) is 6.54 Å². The minimum Gasteiger partial charge on any atom is -0.464 e. The number of aromatic nitrogens is 5. The second-order valence-electron chi connectivity index (χ2n) is 6.88. The number of rotatable bonds is 6. The van der Waals surface area contributed by atoms with E-state index in [0.717, 1.165) is 23.1 Å². The molecule has 1 unspecified atom stereocenters. The summed E-state index contributed by atoms with van der Waals surface area (Å²) >= 11 is 3.03. The number of H-pyrrole nitrogens is 1. The van der Waals surface area contributed by atoms with E-state index in [-0.39, 0.29) is 10.8 Å². The highest BCUT2D eigenvalue weighted by Gasteiger charge is 2.30. The average molecular weight is 414 g/mol. The summed E-state index contributed by atoms with van der Waals surface area (Å²) in [5.41, 5.74) is 0.640. The highest BCUT2D eigenvalue weighted by molar-refractivity contribution is 7.99. The van der Waals surface area contributed by atoms with Gasteiger partial charge >= 0.3 is 0 Å². The summed E-state index contributed by atoms with van der Waals surface area (Å²) in [6, 6.07) is 3.66. The Labute approximate surface area is 169 Å². The van der Waals surface area contributed by atoms with Gasteiger partial charge in [-0.15, -0.1) is 21.5 Å². The van der Waals surface area contributed by atoms with E-state index >= 15 is 0 Å². The molecule has 1 aliphatic rings. The number of nitrogens with one attached hydrogen (secondary N) is 1. The van der Waals surface area contributed by atoms with Crippen LogP contribution in [-0.4, -0.2) is 24.7 Å². The maximum Gasteiger partial charge on any atom is 0.260 e. The van der Waals surface area contributed by atoms with Gasteiger partial charge in [0.2, 0.25) is 0 Å². The van der Waals surface area contributed by atoms with Crippen molar-refractivity contribution in [3.8, 4) is 11.3 Å². The normalized spacial score (nSPS) is 15.4. The van der Waals surface area contributed by atoms with Gasteiger partial charge in [0, 0.05) is 23.4 Å². The molecule has 28 heavy (non-hydrogen) atoms. The quantitative estimate of drug-likeness (QED) is 0.465. The van der Waals surface area contributed by atoms with E-state index in [2.05, 4.69) is 26.7 Å². The largest absolute Gasteiger partial charge is 0.464 e. The SMILES string of the molecule is CCn1c(SC(C)c2nc3scc(-c4ccco4)c3c(=O)[nH]2)nnc1C1CC1. The zero-order valence-electron chi connectivity index (χ0n) is 15.5. The number of thioether (sulfide) groups is 1. The average Bonchev–Trinajstić information content (AvgIpc) is 3.10. The lowest BCUT2D eigenvalue weighted by atomic mass is 10.2. The molecule has 9 heteroatoms. The summed E-state index contributed by atoms with van der Waals surface area (Å²) < 4.78 is 7.63. The molecule has 1 fully saturated rings. The van der Waals surface area contributed by atoms with Gasteiger partial charge in [-0.3, -0.25) is 4.79 Å². The molecule has 5 rings (SSSR count). The lowest BCUT2D eigenvalue weighted by Gasteiger charge is -2.11. The smallest absolute Gasteiger partial charge is 0.260 e. The third kappa shape index (κ3) is 2.98. The van der Waals surface area contributed by atoms with E-state index in [1.54, 1.807) is 18.0 Å². The van der Waals surface area contributed by atoms with Gasteiger partial charge in [0.15, 0.2) is 5.16 Å². The van der Waals surface area contributed by atoms with Crippen LogP contribution in [0.15, 0.2) is 38.1 Å². The number of aromatic amines is 1. The molecule has 0 bridgehead atoms. The van der Waals surface area contributed by atoms with Crippen molar-refractivity contribution in [2.75, 3.05) is 0 Å². The maximum absolute atomic E-state index is 12.8. The molecule has 1 aliphatic carbocycles. The summed E-state index contributed by atoms with van der Waals surface area (Å²) in [5, 5.41) is 12.1. The molecule has 4 aromatic rings. The topological polar surface area (TPSA) is 89.6 Å². The first-order chi connectivity index (χ1) is 13.7. The highest BCUT2D eigenvalue weighted by Crippen LogP contribution is 2.41. The molecule has 1 N–H and O–H groups in total. The molecule has 0 radical (unpaired) electrons. The van der Waals surface area contributed by atoms with E-state index in [9.17, 15) is 4.79 Å². The van der Waals surface area contributed by atoms with Crippen LogP contribution in [0.25, 0.3) is 21.5 Å². The van der Waals surface area contributed by atoms with Crippen molar-refractivity contribution in [3.63, 3.8) is 0 Å². The number of hydrogen-bond acceptors (Lipinski definition) is 7. The fourth-order valence-corrected chi connectivity index (χ4v) is 5.23. The molecular formula is C19H19N5O2S2. The van der Waals surface area contributed by atoms with Crippen molar-refractivity contribution < 1.29 is 4.42 Å². The van der Waals surface area contributed by atoms with Crippen molar-refractivity contribution >= 4 is 33.3 Å². The summed E-state index contributed by atoms with van der Waals surface area (Å²) in [5.74, 6) is 2.96. The van der Waals surface area contributed by atoms with E-state index in [0.29, 0.717) is 27.7 Å². The maximum atomic E-state index is 12.8.